The fourth-order valence-corrected chi connectivity index (χ4v) is 4.66. The van der Waals surface area contributed by atoms with E-state index >= 15 is 0 Å². The molecule has 0 radical (unpaired) electrons. The van der Waals surface area contributed by atoms with Crippen molar-refractivity contribution in [1.82, 2.24) is 4.90 Å². The highest BCUT2D eigenvalue weighted by Crippen LogP contribution is 2.42. The topological polar surface area (TPSA) is 106 Å². The summed E-state index contributed by atoms with van der Waals surface area (Å²) in [6, 6.07) is 18.7. The van der Waals surface area contributed by atoms with Crippen LogP contribution in [0.3, 0.4) is 0 Å². The van der Waals surface area contributed by atoms with Crippen LogP contribution < -0.4 is 9.47 Å². The number of aliphatic hydroxyl groups is 1. The smallest absolute Gasteiger partial charge is 0.295 e. The van der Waals surface area contributed by atoms with Gasteiger partial charge < -0.3 is 29.3 Å². The number of aromatic hydroxyl groups is 1. The number of likely N-dealkylation sites (tertiary alicyclic amines) is 1. The molecule has 1 aliphatic heterocycles. The van der Waals surface area contributed by atoms with Gasteiger partial charge in [0.15, 0.2) is 11.5 Å². The summed E-state index contributed by atoms with van der Waals surface area (Å²) in [7, 11) is 1.56. The van der Waals surface area contributed by atoms with E-state index in [0.717, 1.165) is 11.1 Å². The monoisotopic (exact) mass is 531 g/mol. The van der Waals surface area contributed by atoms with E-state index < -0.39 is 17.7 Å². The second-order valence-electron chi connectivity index (χ2n) is 9.25. The number of ether oxygens (including phenoxy) is 3. The molecule has 8 heteroatoms. The Bertz CT molecular complexity index is 1370. The van der Waals surface area contributed by atoms with Crippen LogP contribution in [-0.4, -0.2) is 53.7 Å². The van der Waals surface area contributed by atoms with E-state index in [9.17, 15) is 19.8 Å². The molecule has 39 heavy (non-hydrogen) atoms. The lowest BCUT2D eigenvalue weighted by Crippen LogP contribution is -2.31. The summed E-state index contributed by atoms with van der Waals surface area (Å²) in [5.41, 5.74) is 2.70. The predicted molar refractivity (Wildman–Crippen MR) is 147 cm³/mol. The third-order valence-electron chi connectivity index (χ3n) is 6.57. The highest BCUT2D eigenvalue weighted by molar-refractivity contribution is 6.46. The van der Waals surface area contributed by atoms with Crippen LogP contribution in [-0.2, 0) is 20.9 Å². The Balaban J connectivity index is 1.72. The first-order chi connectivity index (χ1) is 18.8. The van der Waals surface area contributed by atoms with Gasteiger partial charge >= 0.3 is 0 Å². The van der Waals surface area contributed by atoms with Gasteiger partial charge in [0.05, 0.1) is 18.2 Å². The molecule has 8 nitrogen and oxygen atoms in total. The zero-order valence-corrected chi connectivity index (χ0v) is 22.3. The Hall–Kier alpha value is -4.30. The van der Waals surface area contributed by atoms with E-state index in [-0.39, 0.29) is 29.4 Å². The van der Waals surface area contributed by atoms with Gasteiger partial charge in [0, 0.05) is 25.8 Å². The van der Waals surface area contributed by atoms with Crippen molar-refractivity contribution in [3.8, 4) is 17.2 Å². The van der Waals surface area contributed by atoms with Gasteiger partial charge in [-0.2, -0.15) is 0 Å². The molecule has 3 aromatic carbocycles. The summed E-state index contributed by atoms with van der Waals surface area (Å²) in [6.07, 6.45) is 0.503. The van der Waals surface area contributed by atoms with Gasteiger partial charge in [0.2, 0.25) is 0 Å². The summed E-state index contributed by atoms with van der Waals surface area (Å²) >= 11 is 0. The number of phenols is 1. The molecule has 2 N–H and O–H groups in total. The van der Waals surface area contributed by atoms with Crippen LogP contribution in [0.2, 0.25) is 0 Å². The Morgan fingerprint density at radius 1 is 0.974 bits per heavy atom. The summed E-state index contributed by atoms with van der Waals surface area (Å²) in [6.45, 7) is 5.01. The van der Waals surface area contributed by atoms with Gasteiger partial charge in [0.1, 0.15) is 18.1 Å². The number of hydrogen-bond donors (Lipinski definition) is 2. The van der Waals surface area contributed by atoms with Crippen molar-refractivity contribution < 1.29 is 34.0 Å². The lowest BCUT2D eigenvalue weighted by molar-refractivity contribution is -0.140. The number of rotatable bonds is 11. The Morgan fingerprint density at radius 2 is 1.74 bits per heavy atom. The SMILES string of the molecule is CCOc1cc(C2/C(=C(/O)c3ccc(OCc4ccccc4)c(C)c3)C(=O)C(=O)N2CCCOC)ccc1O. The number of phenolic OH excluding ortho intramolecular Hbond substituents is 1. The third-order valence-corrected chi connectivity index (χ3v) is 6.57. The molecule has 1 saturated heterocycles. The third kappa shape index (κ3) is 6.07. The van der Waals surface area contributed by atoms with Crippen molar-refractivity contribution in [1.29, 1.82) is 0 Å². The first kappa shape index (κ1) is 27.7. The largest absolute Gasteiger partial charge is 0.507 e. The molecule has 0 bridgehead atoms. The number of nitrogens with zero attached hydrogens (tertiary/aromatic N) is 1. The number of Topliss-reactive ketones (excluding diaryl/α,β-unsaturated/α-hetero) is 1. The lowest BCUT2D eigenvalue weighted by atomic mass is 9.94. The van der Waals surface area contributed by atoms with E-state index in [2.05, 4.69) is 0 Å². The van der Waals surface area contributed by atoms with Crippen molar-refractivity contribution in [2.24, 2.45) is 0 Å². The molecule has 1 heterocycles. The van der Waals surface area contributed by atoms with E-state index in [1.165, 1.54) is 11.0 Å². The van der Waals surface area contributed by atoms with Crippen LogP contribution in [0.1, 0.15) is 41.6 Å². The molecule has 0 aliphatic carbocycles. The van der Waals surface area contributed by atoms with Gasteiger partial charge in [-0.3, -0.25) is 9.59 Å². The van der Waals surface area contributed by atoms with E-state index in [1.807, 2.05) is 37.3 Å². The first-order valence-electron chi connectivity index (χ1n) is 12.9. The van der Waals surface area contributed by atoms with Crippen LogP contribution in [0.25, 0.3) is 5.76 Å². The van der Waals surface area contributed by atoms with Gasteiger partial charge in [-0.25, -0.2) is 0 Å². The summed E-state index contributed by atoms with van der Waals surface area (Å²) in [4.78, 5) is 27.9. The molecule has 204 valence electrons. The normalized spacial score (nSPS) is 16.5. The first-order valence-corrected chi connectivity index (χ1v) is 12.9. The number of benzene rings is 3. The summed E-state index contributed by atoms with van der Waals surface area (Å²) < 4.78 is 16.6. The Morgan fingerprint density at radius 3 is 2.44 bits per heavy atom. The molecule has 0 spiro atoms. The Kier molecular flexibility index (Phi) is 8.88. The van der Waals surface area contributed by atoms with Crippen LogP contribution >= 0.6 is 0 Å². The molecule has 1 fully saturated rings. The number of amides is 1. The molecule has 1 unspecified atom stereocenters. The fraction of sp³-hybridized carbons (Fsp3) is 0.290. The summed E-state index contributed by atoms with van der Waals surface area (Å²) in [5, 5.41) is 21.6. The Labute approximate surface area is 228 Å². The highest BCUT2D eigenvalue weighted by atomic mass is 16.5. The average molecular weight is 532 g/mol. The zero-order valence-electron chi connectivity index (χ0n) is 22.3. The van der Waals surface area contributed by atoms with Gasteiger partial charge in [-0.05, 0) is 67.3 Å². The van der Waals surface area contributed by atoms with Gasteiger partial charge in [-0.1, -0.05) is 36.4 Å². The maximum Gasteiger partial charge on any atom is 0.295 e. The highest BCUT2D eigenvalue weighted by Gasteiger charge is 2.46. The van der Waals surface area contributed by atoms with Crippen LogP contribution in [0.15, 0.2) is 72.3 Å². The second-order valence-corrected chi connectivity index (χ2v) is 9.25. The average Bonchev–Trinajstić information content (AvgIpc) is 3.19. The van der Waals surface area contributed by atoms with Crippen molar-refractivity contribution in [3.63, 3.8) is 0 Å². The maximum atomic E-state index is 13.3. The molecule has 1 atom stereocenters. The number of aliphatic hydroxyl groups excluding tert-OH is 1. The fourth-order valence-electron chi connectivity index (χ4n) is 4.66. The number of methoxy groups -OCH3 is 1. The van der Waals surface area contributed by atoms with Crippen molar-refractivity contribution in [2.75, 3.05) is 26.9 Å². The van der Waals surface area contributed by atoms with Crippen molar-refractivity contribution in [2.45, 2.75) is 32.9 Å². The van der Waals surface area contributed by atoms with E-state index in [1.54, 1.807) is 44.4 Å². The minimum Gasteiger partial charge on any atom is -0.507 e. The summed E-state index contributed by atoms with van der Waals surface area (Å²) in [5.74, 6) is -0.943. The van der Waals surface area contributed by atoms with Crippen LogP contribution in [0.4, 0.5) is 0 Å². The minimum atomic E-state index is -0.865. The van der Waals surface area contributed by atoms with Gasteiger partial charge in [0.25, 0.3) is 11.7 Å². The number of ketones is 1. The molecule has 3 aromatic rings. The van der Waals surface area contributed by atoms with Crippen LogP contribution in [0.5, 0.6) is 17.2 Å². The van der Waals surface area contributed by atoms with E-state index in [0.29, 0.717) is 43.1 Å². The number of carbonyl (C=O) groups excluding carboxylic acids is 2. The predicted octanol–water partition coefficient (Wildman–Crippen LogP) is 5.14. The zero-order chi connectivity index (χ0) is 27.9. The van der Waals surface area contributed by atoms with Crippen molar-refractivity contribution >= 4 is 17.4 Å². The van der Waals surface area contributed by atoms with Gasteiger partial charge in [-0.15, -0.1) is 0 Å². The van der Waals surface area contributed by atoms with E-state index in [4.69, 9.17) is 14.2 Å². The standard InChI is InChI=1S/C31H33NO7/c1-4-38-26-18-22(11-13-24(26)33)28-27(30(35)31(36)32(28)15-8-16-37-3)29(34)23-12-14-25(20(2)17-23)39-19-21-9-6-5-7-10-21/h5-7,9-14,17-18,28,33-34H,4,8,15-16,19H2,1-3H3/b29-27-. The number of hydrogen-bond acceptors (Lipinski definition) is 7. The molecule has 4 rings (SSSR count). The minimum absolute atomic E-state index is 0.0251. The lowest BCUT2D eigenvalue weighted by Gasteiger charge is -2.26. The molecular weight excluding hydrogens is 498 g/mol. The molecule has 1 amide bonds. The number of carbonyl (C=O) groups is 2. The molecule has 0 saturated carbocycles. The maximum absolute atomic E-state index is 13.3. The molecule has 0 aromatic heterocycles. The van der Waals surface area contributed by atoms with Crippen LogP contribution in [0, 0.1) is 6.92 Å². The molecule has 1 aliphatic rings. The second kappa shape index (κ2) is 12.5. The molecular formula is C31H33NO7. The quantitative estimate of drug-likeness (QED) is 0.153. The number of aryl methyl sites for hydroxylation is 1. The van der Waals surface area contributed by atoms with Crippen molar-refractivity contribution in [3.05, 3.63) is 94.6 Å².